The third-order valence-corrected chi connectivity index (χ3v) is 10.4. The van der Waals surface area contributed by atoms with E-state index in [9.17, 15) is 14.4 Å². The largest absolute Gasteiger partial charge is 0.494 e. The number of likely N-dealkylation sites (N-methyl/N-ethyl adjacent to an activating group) is 1. The van der Waals surface area contributed by atoms with Gasteiger partial charge in [0.2, 0.25) is 5.91 Å². The summed E-state index contributed by atoms with van der Waals surface area (Å²) in [5.74, 6) is 2.72. The predicted molar refractivity (Wildman–Crippen MR) is 164 cm³/mol. The van der Waals surface area contributed by atoms with E-state index in [0.717, 1.165) is 76.5 Å². The molecule has 0 N–H and O–H groups in total. The molecule has 0 unspecified atom stereocenters. The van der Waals surface area contributed by atoms with Crippen molar-refractivity contribution in [3.63, 3.8) is 0 Å². The number of carbonyl (C=O) groups is 3. The Morgan fingerprint density at radius 1 is 0.976 bits per heavy atom. The fraction of sp³-hybridized carbons (Fsp3) is 0.639. The van der Waals surface area contributed by atoms with Gasteiger partial charge in [0.15, 0.2) is 5.78 Å². The molecule has 4 atom stereocenters. The summed E-state index contributed by atoms with van der Waals surface area (Å²) in [6, 6.07) is 8.55. The van der Waals surface area contributed by atoms with Crippen LogP contribution in [-0.4, -0.2) is 55.8 Å². The maximum Gasteiger partial charge on any atom is 0.248 e. The van der Waals surface area contributed by atoms with E-state index < -0.39 is 0 Å². The van der Waals surface area contributed by atoms with Crippen LogP contribution in [0.5, 0.6) is 5.75 Å². The average Bonchev–Trinajstić information content (AvgIpc) is 3.30. The van der Waals surface area contributed by atoms with E-state index in [2.05, 4.69) is 38.1 Å². The molecule has 4 aliphatic carbocycles. The first-order chi connectivity index (χ1) is 20.3. The molecule has 6 heteroatoms. The van der Waals surface area contributed by atoms with Gasteiger partial charge in [-0.3, -0.25) is 14.4 Å². The topological polar surface area (TPSA) is 72.9 Å². The van der Waals surface area contributed by atoms with E-state index >= 15 is 0 Å². The molecule has 4 aliphatic rings. The molecule has 5 rings (SSSR count). The molecular weight excluding hydrogens is 526 g/mol. The number of rotatable bonds is 13. The van der Waals surface area contributed by atoms with E-state index in [1.54, 1.807) is 4.90 Å². The molecule has 0 bridgehead atoms. The first kappa shape index (κ1) is 30.7. The minimum Gasteiger partial charge on any atom is -0.494 e. The predicted octanol–water partition coefficient (Wildman–Crippen LogP) is 6.98. The quantitative estimate of drug-likeness (QED) is 0.237. The Bertz CT molecular complexity index is 1210. The zero-order valence-corrected chi connectivity index (χ0v) is 25.9. The Balaban J connectivity index is 1.15. The standard InChI is InChI=1S/C36H49NO5/c1-4-5-19-37(3)34(40)24-41-20-7-6-8-21-42-28-13-9-25(10-14-28)31-23-36(2)32(17-18-33(36)39)30-15-11-26-22-27(38)12-16-29(26)35(30)31/h9-10,13-14,22,30-32H,4-8,11-12,15-21,23-24H2,1-3H3/t30-,31+,32-,36-/m0/s1. The van der Waals surface area contributed by atoms with Crippen LogP contribution < -0.4 is 4.74 Å². The fourth-order valence-electron chi connectivity index (χ4n) is 7.99. The number of allylic oxidation sites excluding steroid dienone is 4. The van der Waals surface area contributed by atoms with Crippen LogP contribution in [0.3, 0.4) is 0 Å². The van der Waals surface area contributed by atoms with Crippen LogP contribution >= 0.6 is 0 Å². The highest BCUT2D eigenvalue weighted by Gasteiger charge is 2.56. The molecule has 2 saturated carbocycles. The highest BCUT2D eigenvalue weighted by molar-refractivity contribution is 5.93. The molecule has 2 fully saturated rings. The lowest BCUT2D eigenvalue weighted by Gasteiger charge is -2.50. The number of ether oxygens (including phenoxy) is 2. The first-order valence-corrected chi connectivity index (χ1v) is 16.4. The van der Waals surface area contributed by atoms with Gasteiger partial charge in [0.1, 0.15) is 18.1 Å². The van der Waals surface area contributed by atoms with Crippen molar-refractivity contribution in [2.24, 2.45) is 17.3 Å². The third-order valence-electron chi connectivity index (χ3n) is 10.4. The van der Waals surface area contributed by atoms with E-state index in [1.165, 1.54) is 22.3 Å². The van der Waals surface area contributed by atoms with Crippen LogP contribution in [0, 0.1) is 17.3 Å². The van der Waals surface area contributed by atoms with Crippen LogP contribution in [0.1, 0.15) is 102 Å². The SMILES string of the molecule is CCCCN(C)C(=O)COCCCCCOc1ccc([C@H]2C[C@]3(C)C(=O)CC[C@H]3[C@@H]3CCC4=CC(=O)CCC4=C32)cc1. The van der Waals surface area contributed by atoms with E-state index in [4.69, 9.17) is 9.47 Å². The number of carbonyl (C=O) groups excluding carboxylic acids is 3. The molecule has 0 aliphatic heterocycles. The molecule has 1 amide bonds. The normalized spacial score (nSPS) is 26.8. The van der Waals surface area contributed by atoms with Crippen LogP contribution in [-0.2, 0) is 19.1 Å². The molecule has 0 radical (unpaired) electrons. The molecule has 0 heterocycles. The van der Waals surface area contributed by atoms with Crippen molar-refractivity contribution in [3.05, 3.63) is 52.6 Å². The second kappa shape index (κ2) is 13.7. The van der Waals surface area contributed by atoms with Crippen molar-refractivity contribution in [1.82, 2.24) is 4.90 Å². The zero-order chi connectivity index (χ0) is 29.7. The second-order valence-corrected chi connectivity index (χ2v) is 13.2. The molecule has 0 spiro atoms. The van der Waals surface area contributed by atoms with Gasteiger partial charge in [-0.25, -0.2) is 0 Å². The molecule has 0 saturated heterocycles. The molecule has 228 valence electrons. The average molecular weight is 576 g/mol. The number of hydrogen-bond donors (Lipinski definition) is 0. The maximum absolute atomic E-state index is 13.2. The lowest BCUT2D eigenvalue weighted by molar-refractivity contribution is -0.135. The molecule has 1 aromatic carbocycles. The highest BCUT2D eigenvalue weighted by Crippen LogP contribution is 2.62. The molecule has 1 aromatic rings. The summed E-state index contributed by atoms with van der Waals surface area (Å²) in [7, 11) is 1.84. The number of hydrogen-bond acceptors (Lipinski definition) is 5. The summed E-state index contributed by atoms with van der Waals surface area (Å²) in [6.45, 7) is 6.54. The number of benzene rings is 1. The molecule has 6 nitrogen and oxygen atoms in total. The molecule has 42 heavy (non-hydrogen) atoms. The van der Waals surface area contributed by atoms with Crippen molar-refractivity contribution in [2.45, 2.75) is 96.8 Å². The van der Waals surface area contributed by atoms with E-state index in [1.807, 2.05) is 13.1 Å². The van der Waals surface area contributed by atoms with Gasteiger partial charge in [-0.2, -0.15) is 0 Å². The summed E-state index contributed by atoms with van der Waals surface area (Å²) >= 11 is 0. The summed E-state index contributed by atoms with van der Waals surface area (Å²) in [5.41, 5.74) is 5.23. The van der Waals surface area contributed by atoms with Gasteiger partial charge < -0.3 is 14.4 Å². The minimum absolute atomic E-state index is 0.0500. The summed E-state index contributed by atoms with van der Waals surface area (Å²) in [5, 5.41) is 0. The Kier molecular flexibility index (Phi) is 10.0. The van der Waals surface area contributed by atoms with E-state index in [0.29, 0.717) is 43.7 Å². The Hall–Kier alpha value is -2.73. The van der Waals surface area contributed by atoms with Crippen molar-refractivity contribution in [2.75, 3.05) is 33.4 Å². The number of nitrogens with zero attached hydrogens (tertiary/aromatic N) is 1. The molecule has 0 aromatic heterocycles. The van der Waals surface area contributed by atoms with Crippen molar-refractivity contribution < 1.29 is 23.9 Å². The minimum atomic E-state index is -0.248. The van der Waals surface area contributed by atoms with Gasteiger partial charge in [-0.1, -0.05) is 38.0 Å². The van der Waals surface area contributed by atoms with Gasteiger partial charge in [0.25, 0.3) is 0 Å². The van der Waals surface area contributed by atoms with Gasteiger partial charge in [0, 0.05) is 44.4 Å². The van der Waals surface area contributed by atoms with Crippen molar-refractivity contribution in [3.8, 4) is 5.75 Å². The van der Waals surface area contributed by atoms with Crippen LogP contribution in [0.4, 0.5) is 0 Å². The number of ketones is 2. The number of fused-ring (bicyclic) bond motifs is 4. The van der Waals surface area contributed by atoms with Crippen molar-refractivity contribution >= 4 is 17.5 Å². The monoisotopic (exact) mass is 575 g/mol. The zero-order valence-electron chi connectivity index (χ0n) is 25.9. The Morgan fingerprint density at radius 3 is 2.55 bits per heavy atom. The second-order valence-electron chi connectivity index (χ2n) is 13.2. The number of Topliss-reactive ketones (excluding diaryl/α,β-unsaturated/α-hetero) is 1. The van der Waals surface area contributed by atoms with Crippen molar-refractivity contribution in [1.29, 1.82) is 0 Å². The van der Waals surface area contributed by atoms with Gasteiger partial charge >= 0.3 is 0 Å². The smallest absolute Gasteiger partial charge is 0.248 e. The van der Waals surface area contributed by atoms with E-state index in [-0.39, 0.29) is 29.6 Å². The lowest BCUT2D eigenvalue weighted by Crippen LogP contribution is -2.43. The Morgan fingerprint density at radius 2 is 1.76 bits per heavy atom. The maximum atomic E-state index is 13.2. The lowest BCUT2D eigenvalue weighted by atomic mass is 9.53. The number of amides is 1. The summed E-state index contributed by atoms with van der Waals surface area (Å²) in [6.07, 6.45) is 12.9. The van der Waals surface area contributed by atoms with Gasteiger partial charge in [-0.15, -0.1) is 0 Å². The van der Waals surface area contributed by atoms with Crippen LogP contribution in [0.2, 0.25) is 0 Å². The number of unbranched alkanes of at least 4 members (excludes halogenated alkanes) is 3. The summed E-state index contributed by atoms with van der Waals surface area (Å²) < 4.78 is 11.6. The fourth-order valence-corrected chi connectivity index (χ4v) is 7.99. The van der Waals surface area contributed by atoms with Crippen LogP contribution in [0.25, 0.3) is 0 Å². The third kappa shape index (κ3) is 6.59. The highest BCUT2D eigenvalue weighted by atomic mass is 16.5. The van der Waals surface area contributed by atoms with Gasteiger partial charge in [-0.05, 0) is 105 Å². The first-order valence-electron chi connectivity index (χ1n) is 16.4. The Labute approximate surface area is 251 Å². The van der Waals surface area contributed by atoms with Gasteiger partial charge in [0.05, 0.1) is 6.61 Å². The summed E-state index contributed by atoms with van der Waals surface area (Å²) in [4.78, 5) is 39.2. The molecular formula is C36H49NO5. The van der Waals surface area contributed by atoms with Crippen LogP contribution in [0.15, 0.2) is 47.1 Å².